The second kappa shape index (κ2) is 8.06. The molecule has 0 atom stereocenters. The summed E-state index contributed by atoms with van der Waals surface area (Å²) in [6.07, 6.45) is 3.52. The van der Waals surface area contributed by atoms with Gasteiger partial charge in [0.2, 0.25) is 5.91 Å². The van der Waals surface area contributed by atoms with Crippen LogP contribution in [-0.2, 0) is 11.2 Å². The van der Waals surface area contributed by atoms with Gasteiger partial charge in [0.25, 0.3) is 0 Å². The molecule has 0 aliphatic heterocycles. The van der Waals surface area contributed by atoms with E-state index in [0.717, 1.165) is 16.9 Å². The van der Waals surface area contributed by atoms with Crippen molar-refractivity contribution in [3.63, 3.8) is 0 Å². The van der Waals surface area contributed by atoms with Crippen molar-refractivity contribution in [2.24, 2.45) is 0 Å². The van der Waals surface area contributed by atoms with Crippen LogP contribution in [0.1, 0.15) is 12.5 Å². The summed E-state index contributed by atoms with van der Waals surface area (Å²) in [6.45, 7) is 2.56. The molecule has 1 amide bonds. The van der Waals surface area contributed by atoms with Crippen LogP contribution in [0, 0.1) is 0 Å². The van der Waals surface area contributed by atoms with Crippen molar-refractivity contribution in [1.29, 1.82) is 0 Å². The predicted molar refractivity (Wildman–Crippen MR) is 97.4 cm³/mol. The molecule has 0 aliphatic carbocycles. The van der Waals surface area contributed by atoms with Gasteiger partial charge in [-0.15, -0.1) is 0 Å². The Kier molecular flexibility index (Phi) is 5.36. The molecule has 1 N–H and O–H groups in total. The molecule has 1 heterocycles. The summed E-state index contributed by atoms with van der Waals surface area (Å²) in [5.74, 6) is 1.32. The SMILES string of the molecule is CCOc1ccc(CC(=O)Nc2cnc(-c3ccccc3)nc2)cc1. The van der Waals surface area contributed by atoms with Crippen LogP contribution in [0.15, 0.2) is 67.0 Å². The Morgan fingerprint density at radius 1 is 1.00 bits per heavy atom. The van der Waals surface area contributed by atoms with E-state index in [1.807, 2.05) is 61.5 Å². The molecule has 5 heteroatoms. The first-order valence-electron chi connectivity index (χ1n) is 8.13. The van der Waals surface area contributed by atoms with Gasteiger partial charge in [0.1, 0.15) is 5.75 Å². The number of carbonyl (C=O) groups is 1. The molecule has 25 heavy (non-hydrogen) atoms. The third kappa shape index (κ3) is 4.64. The van der Waals surface area contributed by atoms with Gasteiger partial charge in [0, 0.05) is 5.56 Å². The van der Waals surface area contributed by atoms with Crippen LogP contribution in [0.2, 0.25) is 0 Å². The van der Waals surface area contributed by atoms with Crippen molar-refractivity contribution in [2.75, 3.05) is 11.9 Å². The summed E-state index contributed by atoms with van der Waals surface area (Å²) in [7, 11) is 0. The molecule has 0 spiro atoms. The molecule has 0 fully saturated rings. The standard InChI is InChI=1S/C20H19N3O2/c1-2-25-18-10-8-15(9-11-18)12-19(24)23-17-13-21-20(22-14-17)16-6-4-3-5-7-16/h3-11,13-14H,2,12H2,1H3,(H,23,24). The van der Waals surface area contributed by atoms with E-state index in [-0.39, 0.29) is 12.3 Å². The van der Waals surface area contributed by atoms with Gasteiger partial charge >= 0.3 is 0 Å². The smallest absolute Gasteiger partial charge is 0.228 e. The molecule has 0 bridgehead atoms. The quantitative estimate of drug-likeness (QED) is 0.746. The van der Waals surface area contributed by atoms with E-state index in [4.69, 9.17) is 4.74 Å². The average molecular weight is 333 g/mol. The Morgan fingerprint density at radius 2 is 1.68 bits per heavy atom. The lowest BCUT2D eigenvalue weighted by Crippen LogP contribution is -2.14. The Labute approximate surface area is 146 Å². The van der Waals surface area contributed by atoms with Crippen LogP contribution >= 0.6 is 0 Å². The van der Waals surface area contributed by atoms with Gasteiger partial charge in [-0.3, -0.25) is 4.79 Å². The molecule has 3 aromatic rings. The van der Waals surface area contributed by atoms with Crippen LogP contribution in [0.4, 0.5) is 5.69 Å². The van der Waals surface area contributed by atoms with Crippen LogP contribution < -0.4 is 10.1 Å². The van der Waals surface area contributed by atoms with Gasteiger partial charge < -0.3 is 10.1 Å². The molecule has 0 unspecified atom stereocenters. The number of hydrogen-bond acceptors (Lipinski definition) is 4. The number of rotatable bonds is 6. The molecule has 0 radical (unpaired) electrons. The maximum atomic E-state index is 12.1. The predicted octanol–water partition coefficient (Wildman–Crippen LogP) is 3.72. The monoisotopic (exact) mass is 333 g/mol. The number of carbonyl (C=O) groups excluding carboxylic acids is 1. The van der Waals surface area contributed by atoms with Crippen molar-refractivity contribution in [3.05, 3.63) is 72.6 Å². The molecule has 1 aromatic heterocycles. The van der Waals surface area contributed by atoms with Crippen molar-refractivity contribution >= 4 is 11.6 Å². The third-order valence-electron chi connectivity index (χ3n) is 3.57. The van der Waals surface area contributed by atoms with Gasteiger partial charge in [-0.25, -0.2) is 9.97 Å². The van der Waals surface area contributed by atoms with Crippen LogP contribution in [0.3, 0.4) is 0 Å². The largest absolute Gasteiger partial charge is 0.494 e. The van der Waals surface area contributed by atoms with E-state index in [2.05, 4.69) is 15.3 Å². The number of ether oxygens (including phenoxy) is 1. The van der Waals surface area contributed by atoms with Crippen LogP contribution in [0.25, 0.3) is 11.4 Å². The topological polar surface area (TPSA) is 64.1 Å². The highest BCUT2D eigenvalue weighted by Gasteiger charge is 2.06. The number of amides is 1. The Hall–Kier alpha value is -3.21. The first kappa shape index (κ1) is 16.6. The fraction of sp³-hybridized carbons (Fsp3) is 0.150. The zero-order valence-corrected chi connectivity index (χ0v) is 14.0. The lowest BCUT2D eigenvalue weighted by molar-refractivity contribution is -0.115. The number of nitrogens with zero attached hydrogens (tertiary/aromatic N) is 2. The first-order valence-corrected chi connectivity index (χ1v) is 8.13. The minimum absolute atomic E-state index is 0.111. The molecule has 2 aromatic carbocycles. The fourth-order valence-electron chi connectivity index (χ4n) is 2.39. The molecule has 5 nitrogen and oxygen atoms in total. The van der Waals surface area contributed by atoms with E-state index in [1.165, 1.54) is 0 Å². The van der Waals surface area contributed by atoms with Crippen LogP contribution in [-0.4, -0.2) is 22.5 Å². The molecular formula is C20H19N3O2. The number of anilines is 1. The zero-order valence-electron chi connectivity index (χ0n) is 14.0. The summed E-state index contributed by atoms with van der Waals surface area (Å²) in [4.78, 5) is 20.7. The summed E-state index contributed by atoms with van der Waals surface area (Å²) in [5, 5.41) is 2.81. The summed E-state index contributed by atoms with van der Waals surface area (Å²) >= 11 is 0. The number of nitrogens with one attached hydrogen (secondary N) is 1. The van der Waals surface area contributed by atoms with Crippen molar-refractivity contribution in [2.45, 2.75) is 13.3 Å². The van der Waals surface area contributed by atoms with Crippen molar-refractivity contribution in [3.8, 4) is 17.1 Å². The molecule has 0 saturated carbocycles. The van der Waals surface area contributed by atoms with E-state index in [0.29, 0.717) is 18.1 Å². The van der Waals surface area contributed by atoms with Crippen LogP contribution in [0.5, 0.6) is 5.75 Å². The normalized spacial score (nSPS) is 10.3. The maximum absolute atomic E-state index is 12.1. The van der Waals surface area contributed by atoms with Gasteiger partial charge in [-0.05, 0) is 24.6 Å². The van der Waals surface area contributed by atoms with E-state index in [1.54, 1.807) is 12.4 Å². The average Bonchev–Trinajstić information content (AvgIpc) is 2.65. The molecule has 126 valence electrons. The highest BCUT2D eigenvalue weighted by molar-refractivity contribution is 5.92. The lowest BCUT2D eigenvalue weighted by atomic mass is 10.1. The van der Waals surface area contributed by atoms with Crippen molar-refractivity contribution < 1.29 is 9.53 Å². The van der Waals surface area contributed by atoms with E-state index in [9.17, 15) is 4.79 Å². The fourth-order valence-corrected chi connectivity index (χ4v) is 2.39. The second-order valence-electron chi connectivity index (χ2n) is 5.46. The Balaban J connectivity index is 1.59. The van der Waals surface area contributed by atoms with E-state index >= 15 is 0 Å². The number of aromatic nitrogens is 2. The minimum atomic E-state index is -0.111. The second-order valence-corrected chi connectivity index (χ2v) is 5.46. The van der Waals surface area contributed by atoms with E-state index < -0.39 is 0 Å². The molecule has 3 rings (SSSR count). The lowest BCUT2D eigenvalue weighted by Gasteiger charge is -2.07. The van der Waals surface area contributed by atoms with Gasteiger partial charge in [-0.2, -0.15) is 0 Å². The summed E-state index contributed by atoms with van der Waals surface area (Å²) in [5.41, 5.74) is 2.44. The molecule has 0 aliphatic rings. The van der Waals surface area contributed by atoms with Gasteiger partial charge in [0.15, 0.2) is 5.82 Å². The highest BCUT2D eigenvalue weighted by atomic mass is 16.5. The highest BCUT2D eigenvalue weighted by Crippen LogP contribution is 2.16. The number of benzene rings is 2. The Bertz CT molecular complexity index is 816. The Morgan fingerprint density at radius 3 is 2.32 bits per heavy atom. The molecule has 0 saturated heterocycles. The summed E-state index contributed by atoms with van der Waals surface area (Å²) in [6, 6.07) is 17.2. The molecular weight excluding hydrogens is 314 g/mol. The summed E-state index contributed by atoms with van der Waals surface area (Å²) < 4.78 is 5.39. The van der Waals surface area contributed by atoms with Crippen molar-refractivity contribution in [1.82, 2.24) is 9.97 Å². The zero-order chi connectivity index (χ0) is 17.5. The first-order chi connectivity index (χ1) is 12.2. The maximum Gasteiger partial charge on any atom is 0.228 e. The van der Waals surface area contributed by atoms with Gasteiger partial charge in [-0.1, -0.05) is 42.5 Å². The third-order valence-corrected chi connectivity index (χ3v) is 3.57. The number of hydrogen-bond donors (Lipinski definition) is 1. The van der Waals surface area contributed by atoms with Gasteiger partial charge in [0.05, 0.1) is 31.1 Å². The minimum Gasteiger partial charge on any atom is -0.494 e.